The van der Waals surface area contributed by atoms with Crippen molar-refractivity contribution in [1.29, 1.82) is 0 Å². The lowest BCUT2D eigenvalue weighted by Gasteiger charge is -2.11. The van der Waals surface area contributed by atoms with E-state index < -0.39 is 22.7 Å². The van der Waals surface area contributed by atoms with Crippen LogP contribution in [0, 0.1) is 0 Å². The van der Waals surface area contributed by atoms with E-state index in [9.17, 15) is 18.0 Å². The van der Waals surface area contributed by atoms with Gasteiger partial charge in [-0.2, -0.15) is 13.2 Å². The van der Waals surface area contributed by atoms with Crippen molar-refractivity contribution < 1.29 is 18.0 Å². The van der Waals surface area contributed by atoms with E-state index in [-0.39, 0.29) is 12.2 Å². The normalized spacial score (nSPS) is 11.4. The molecule has 1 amide bonds. The van der Waals surface area contributed by atoms with Crippen LogP contribution in [0.3, 0.4) is 0 Å². The zero-order valence-corrected chi connectivity index (χ0v) is 10.5. The van der Waals surface area contributed by atoms with Crippen LogP contribution in [0.1, 0.15) is 5.56 Å². The molecule has 20 heavy (non-hydrogen) atoms. The second-order valence-electron chi connectivity index (χ2n) is 3.75. The van der Waals surface area contributed by atoms with Crippen molar-refractivity contribution in [2.45, 2.75) is 12.7 Å². The molecule has 0 aliphatic heterocycles. The molecule has 106 valence electrons. The van der Waals surface area contributed by atoms with Crippen LogP contribution in [0.5, 0.6) is 0 Å². The first-order valence-electron chi connectivity index (χ1n) is 5.23. The Bertz CT molecular complexity index is 614. The van der Waals surface area contributed by atoms with Crippen molar-refractivity contribution in [2.24, 2.45) is 0 Å². The number of carbonyl (C=O) groups excluding carboxylic acids is 1. The first-order chi connectivity index (χ1) is 9.36. The Morgan fingerprint density at radius 3 is 2.75 bits per heavy atom. The van der Waals surface area contributed by atoms with Crippen molar-refractivity contribution >= 4 is 23.2 Å². The molecule has 0 fully saturated rings. The topological polar surface area (TPSA) is 72.7 Å². The molecule has 2 aromatic rings. The van der Waals surface area contributed by atoms with E-state index in [2.05, 4.69) is 20.8 Å². The molecule has 0 aliphatic rings. The molecule has 1 heterocycles. The van der Waals surface area contributed by atoms with Crippen LogP contribution in [0.4, 0.5) is 18.9 Å². The van der Waals surface area contributed by atoms with Gasteiger partial charge < -0.3 is 5.32 Å². The van der Waals surface area contributed by atoms with Crippen LogP contribution in [0.25, 0.3) is 0 Å². The molecule has 0 unspecified atom stereocenters. The first-order valence-corrected chi connectivity index (χ1v) is 5.61. The highest BCUT2D eigenvalue weighted by Gasteiger charge is 2.33. The highest BCUT2D eigenvalue weighted by molar-refractivity contribution is 6.31. The van der Waals surface area contributed by atoms with Gasteiger partial charge in [0.25, 0.3) is 0 Å². The third-order valence-corrected chi connectivity index (χ3v) is 2.58. The third-order valence-electron chi connectivity index (χ3n) is 2.25. The van der Waals surface area contributed by atoms with Gasteiger partial charge in [-0.1, -0.05) is 11.6 Å². The van der Waals surface area contributed by atoms with E-state index in [1.165, 1.54) is 12.4 Å². The Balaban J connectivity index is 2.12. The van der Waals surface area contributed by atoms with E-state index in [1.807, 2.05) is 0 Å². The first kappa shape index (κ1) is 14.3. The van der Waals surface area contributed by atoms with Crippen LogP contribution in [0.2, 0.25) is 5.02 Å². The van der Waals surface area contributed by atoms with Gasteiger partial charge in [0.2, 0.25) is 5.91 Å². The Morgan fingerprint density at radius 1 is 1.40 bits per heavy atom. The molecular weight excluding hydrogens is 299 g/mol. The summed E-state index contributed by atoms with van der Waals surface area (Å²) >= 11 is 5.47. The summed E-state index contributed by atoms with van der Waals surface area (Å²) < 4.78 is 39.1. The van der Waals surface area contributed by atoms with Gasteiger partial charge in [0, 0.05) is 5.69 Å². The van der Waals surface area contributed by atoms with Crippen LogP contribution >= 0.6 is 11.6 Å². The van der Waals surface area contributed by atoms with Crippen LogP contribution in [-0.4, -0.2) is 26.1 Å². The number of amides is 1. The fraction of sp³-hybridized carbons (Fsp3) is 0.200. The number of rotatable bonds is 3. The summed E-state index contributed by atoms with van der Waals surface area (Å²) in [5, 5.41) is 12.0. The minimum absolute atomic E-state index is 0.0141. The SMILES string of the molecule is O=C(Cn1cnnn1)Nc1ccc(Cl)c(C(F)(F)F)c1. The van der Waals surface area contributed by atoms with Crippen molar-refractivity contribution in [2.75, 3.05) is 5.32 Å². The number of alkyl halides is 3. The molecule has 0 saturated carbocycles. The van der Waals surface area contributed by atoms with Crippen LogP contribution in [-0.2, 0) is 17.5 Å². The summed E-state index contributed by atoms with van der Waals surface area (Å²) in [6.45, 7) is -0.211. The highest BCUT2D eigenvalue weighted by atomic mass is 35.5. The molecule has 1 aromatic carbocycles. The van der Waals surface area contributed by atoms with Crippen LogP contribution in [0.15, 0.2) is 24.5 Å². The van der Waals surface area contributed by atoms with Gasteiger partial charge in [0.1, 0.15) is 12.9 Å². The van der Waals surface area contributed by atoms with Crippen molar-refractivity contribution in [1.82, 2.24) is 20.2 Å². The monoisotopic (exact) mass is 305 g/mol. The second kappa shape index (κ2) is 5.45. The minimum Gasteiger partial charge on any atom is -0.324 e. The number of tetrazole rings is 1. The molecule has 0 radical (unpaired) electrons. The summed E-state index contributed by atoms with van der Waals surface area (Å²) in [6, 6.07) is 3.10. The lowest BCUT2D eigenvalue weighted by atomic mass is 10.2. The number of carbonyl (C=O) groups is 1. The summed E-state index contributed by atoms with van der Waals surface area (Å²) in [6.07, 6.45) is -3.38. The number of aromatic nitrogens is 4. The maximum atomic E-state index is 12.6. The Hall–Kier alpha value is -2.16. The van der Waals surface area contributed by atoms with Crippen molar-refractivity contribution in [3.8, 4) is 0 Å². The summed E-state index contributed by atoms with van der Waals surface area (Å²) in [4.78, 5) is 11.6. The molecule has 0 spiro atoms. The highest BCUT2D eigenvalue weighted by Crippen LogP contribution is 2.36. The number of benzene rings is 1. The van der Waals surface area contributed by atoms with Crippen LogP contribution < -0.4 is 5.32 Å². The second-order valence-corrected chi connectivity index (χ2v) is 4.16. The number of hydrogen-bond acceptors (Lipinski definition) is 4. The van der Waals surface area contributed by atoms with Gasteiger partial charge in [-0.15, -0.1) is 5.10 Å². The quantitative estimate of drug-likeness (QED) is 0.941. The van der Waals surface area contributed by atoms with Crippen molar-refractivity contribution in [3.05, 3.63) is 35.1 Å². The molecule has 6 nitrogen and oxygen atoms in total. The predicted octanol–water partition coefficient (Wildman–Crippen LogP) is 1.98. The largest absolute Gasteiger partial charge is 0.417 e. The molecule has 0 saturated heterocycles. The molecule has 0 atom stereocenters. The van der Waals surface area contributed by atoms with Gasteiger partial charge in [-0.3, -0.25) is 4.79 Å². The maximum absolute atomic E-state index is 12.6. The standard InChI is InChI=1S/C10H7ClF3N5O/c11-8-2-1-6(3-7(8)10(12,13)14)16-9(20)4-19-5-15-17-18-19/h1-3,5H,4H2,(H,16,20). The van der Waals surface area contributed by atoms with Gasteiger partial charge in [-0.25, -0.2) is 4.68 Å². The number of anilines is 1. The van der Waals surface area contributed by atoms with Gasteiger partial charge in [0.05, 0.1) is 10.6 Å². The minimum atomic E-state index is -4.59. The smallest absolute Gasteiger partial charge is 0.324 e. The van der Waals surface area contributed by atoms with Crippen molar-refractivity contribution in [3.63, 3.8) is 0 Å². The summed E-state index contributed by atoms with van der Waals surface area (Å²) in [5.41, 5.74) is -1.03. The lowest BCUT2D eigenvalue weighted by molar-refractivity contribution is -0.137. The van der Waals surface area contributed by atoms with Gasteiger partial charge in [0.15, 0.2) is 0 Å². The average Bonchev–Trinajstić information content (AvgIpc) is 2.83. The molecule has 0 aliphatic carbocycles. The number of hydrogen-bond donors (Lipinski definition) is 1. The summed E-state index contributed by atoms with van der Waals surface area (Å²) in [7, 11) is 0. The lowest BCUT2D eigenvalue weighted by Crippen LogP contribution is -2.19. The summed E-state index contributed by atoms with van der Waals surface area (Å²) in [5.74, 6) is -0.562. The van der Waals surface area contributed by atoms with Gasteiger partial charge in [-0.05, 0) is 28.6 Å². The zero-order chi connectivity index (χ0) is 14.8. The molecular formula is C10H7ClF3N5O. The molecule has 1 aromatic heterocycles. The Labute approximate surface area is 115 Å². The number of halogens is 4. The van der Waals surface area contributed by atoms with E-state index >= 15 is 0 Å². The zero-order valence-electron chi connectivity index (χ0n) is 9.73. The van der Waals surface area contributed by atoms with Gasteiger partial charge >= 0.3 is 6.18 Å². The molecule has 0 bridgehead atoms. The molecule has 1 N–H and O–H groups in total. The number of nitrogens with zero attached hydrogens (tertiary/aromatic N) is 4. The Kier molecular flexibility index (Phi) is 3.89. The van der Waals surface area contributed by atoms with E-state index in [0.29, 0.717) is 0 Å². The maximum Gasteiger partial charge on any atom is 0.417 e. The Morgan fingerprint density at radius 2 is 2.15 bits per heavy atom. The average molecular weight is 306 g/mol. The van der Waals surface area contributed by atoms with E-state index in [4.69, 9.17) is 11.6 Å². The van der Waals surface area contributed by atoms with E-state index in [1.54, 1.807) is 0 Å². The molecule has 2 rings (SSSR count). The fourth-order valence-electron chi connectivity index (χ4n) is 1.42. The number of nitrogens with one attached hydrogen (secondary N) is 1. The fourth-order valence-corrected chi connectivity index (χ4v) is 1.65. The predicted molar refractivity (Wildman–Crippen MR) is 62.9 cm³/mol. The third kappa shape index (κ3) is 3.44. The van der Waals surface area contributed by atoms with E-state index in [0.717, 1.165) is 16.8 Å². The molecule has 10 heteroatoms.